The fourth-order valence-corrected chi connectivity index (χ4v) is 3.73. The van der Waals surface area contributed by atoms with Crippen LogP contribution in [-0.2, 0) is 4.79 Å². The maximum absolute atomic E-state index is 13.9. The molecule has 0 aliphatic carbocycles. The number of carbonyl (C=O) groups is 2. The van der Waals surface area contributed by atoms with Crippen molar-refractivity contribution in [1.29, 1.82) is 0 Å². The van der Waals surface area contributed by atoms with E-state index < -0.39 is 17.8 Å². The molecule has 0 spiro atoms. The summed E-state index contributed by atoms with van der Waals surface area (Å²) in [6, 6.07) is 15.5. The molecule has 0 bridgehead atoms. The van der Waals surface area contributed by atoms with E-state index in [4.69, 9.17) is 0 Å². The molecule has 1 aliphatic heterocycles. The lowest BCUT2D eigenvalue weighted by Gasteiger charge is -2.35. The third-order valence-corrected chi connectivity index (χ3v) is 5.42. The van der Waals surface area contributed by atoms with Gasteiger partial charge in [0, 0.05) is 13.1 Å². The lowest BCUT2D eigenvalue weighted by molar-refractivity contribution is -0.135. The summed E-state index contributed by atoms with van der Waals surface area (Å²) in [4.78, 5) is 27.4. The second kappa shape index (κ2) is 9.00. The third-order valence-electron chi connectivity index (χ3n) is 5.42. The Kier molecular flexibility index (Phi) is 6.45. The van der Waals surface area contributed by atoms with Crippen LogP contribution in [0, 0.1) is 11.7 Å². The van der Waals surface area contributed by atoms with E-state index in [0.717, 1.165) is 12.8 Å². The van der Waals surface area contributed by atoms with Gasteiger partial charge in [0.05, 0.1) is 5.56 Å². The molecule has 3 rings (SSSR count). The molecule has 28 heavy (non-hydrogen) atoms. The van der Waals surface area contributed by atoms with Gasteiger partial charge in [0.15, 0.2) is 0 Å². The van der Waals surface area contributed by atoms with Gasteiger partial charge in [-0.25, -0.2) is 4.39 Å². The number of nitrogens with zero attached hydrogens (tertiary/aromatic N) is 1. The molecule has 2 amide bonds. The molecule has 5 heteroatoms. The molecule has 1 saturated heterocycles. The highest BCUT2D eigenvalue weighted by Gasteiger charge is 2.32. The second-order valence-corrected chi connectivity index (χ2v) is 7.69. The van der Waals surface area contributed by atoms with Gasteiger partial charge in [-0.05, 0) is 42.4 Å². The maximum Gasteiger partial charge on any atom is 0.254 e. The van der Waals surface area contributed by atoms with E-state index in [1.54, 1.807) is 6.07 Å². The molecule has 0 aromatic heterocycles. The monoisotopic (exact) mass is 382 g/mol. The first-order valence-electron chi connectivity index (χ1n) is 9.86. The normalized spacial score (nSPS) is 16.1. The molecule has 0 radical (unpaired) electrons. The summed E-state index contributed by atoms with van der Waals surface area (Å²) in [6.07, 6.45) is 1.81. The van der Waals surface area contributed by atoms with Crippen molar-refractivity contribution in [3.63, 3.8) is 0 Å². The van der Waals surface area contributed by atoms with Crippen LogP contribution in [0.5, 0.6) is 0 Å². The molecule has 2 aromatic rings. The molecular formula is C23H27FN2O2. The zero-order chi connectivity index (χ0) is 20.1. The van der Waals surface area contributed by atoms with Crippen molar-refractivity contribution in [3.8, 4) is 0 Å². The van der Waals surface area contributed by atoms with Gasteiger partial charge >= 0.3 is 0 Å². The highest BCUT2D eigenvalue weighted by Crippen LogP contribution is 2.28. The van der Waals surface area contributed by atoms with Crippen LogP contribution in [0.15, 0.2) is 54.6 Å². The fourth-order valence-electron chi connectivity index (χ4n) is 3.73. The van der Waals surface area contributed by atoms with Gasteiger partial charge < -0.3 is 10.2 Å². The van der Waals surface area contributed by atoms with E-state index in [2.05, 4.69) is 17.4 Å². The minimum atomic E-state index is -0.666. The zero-order valence-corrected chi connectivity index (χ0v) is 16.4. The van der Waals surface area contributed by atoms with Crippen LogP contribution in [-0.4, -0.2) is 35.8 Å². The summed E-state index contributed by atoms with van der Waals surface area (Å²) >= 11 is 0. The van der Waals surface area contributed by atoms with E-state index in [9.17, 15) is 14.0 Å². The average Bonchev–Trinajstić information content (AvgIpc) is 2.72. The number of hydrogen-bond donors (Lipinski definition) is 1. The SMILES string of the molecule is CC(C)C(NC(=O)c1ccccc1F)C(=O)N1CCC(c2ccccc2)CC1. The van der Waals surface area contributed by atoms with Crippen molar-refractivity contribution in [1.82, 2.24) is 10.2 Å². The molecule has 1 fully saturated rings. The third kappa shape index (κ3) is 4.58. The van der Waals surface area contributed by atoms with E-state index >= 15 is 0 Å². The van der Waals surface area contributed by atoms with Crippen LogP contribution < -0.4 is 5.32 Å². The Labute approximate surface area is 165 Å². The molecule has 0 saturated carbocycles. The number of nitrogens with one attached hydrogen (secondary N) is 1. The Morgan fingerprint density at radius 1 is 1.00 bits per heavy atom. The van der Waals surface area contributed by atoms with Crippen LogP contribution in [0.25, 0.3) is 0 Å². The summed E-state index contributed by atoms with van der Waals surface area (Å²) in [7, 11) is 0. The van der Waals surface area contributed by atoms with Gasteiger partial charge in [0.25, 0.3) is 5.91 Å². The zero-order valence-electron chi connectivity index (χ0n) is 16.4. The predicted octanol–water partition coefficient (Wildman–Crippen LogP) is 3.99. The second-order valence-electron chi connectivity index (χ2n) is 7.69. The predicted molar refractivity (Wildman–Crippen MR) is 107 cm³/mol. The number of piperidine rings is 1. The van der Waals surface area contributed by atoms with Crippen LogP contribution in [0.2, 0.25) is 0 Å². The number of rotatable bonds is 5. The molecular weight excluding hydrogens is 355 g/mol. The summed E-state index contributed by atoms with van der Waals surface area (Å²) in [5, 5.41) is 2.74. The molecule has 1 heterocycles. The Hall–Kier alpha value is -2.69. The highest BCUT2D eigenvalue weighted by atomic mass is 19.1. The first kappa shape index (κ1) is 20.1. The molecule has 1 atom stereocenters. The van der Waals surface area contributed by atoms with Gasteiger partial charge in [-0.3, -0.25) is 9.59 Å². The number of likely N-dealkylation sites (tertiary alicyclic amines) is 1. The number of carbonyl (C=O) groups excluding carboxylic acids is 2. The van der Waals surface area contributed by atoms with E-state index in [1.165, 1.54) is 23.8 Å². The Morgan fingerprint density at radius 2 is 1.61 bits per heavy atom. The molecule has 1 unspecified atom stereocenters. The standard InChI is InChI=1S/C23H27FN2O2/c1-16(2)21(25-22(27)19-10-6-7-11-20(19)24)23(28)26-14-12-18(13-15-26)17-8-4-3-5-9-17/h3-11,16,18,21H,12-15H2,1-2H3,(H,25,27). The number of hydrogen-bond acceptors (Lipinski definition) is 2. The van der Waals surface area contributed by atoms with Gasteiger partial charge in [-0.1, -0.05) is 56.3 Å². The average molecular weight is 382 g/mol. The summed E-state index contributed by atoms with van der Waals surface area (Å²) in [5.74, 6) is -0.861. The van der Waals surface area contributed by atoms with Crippen molar-refractivity contribution in [3.05, 3.63) is 71.5 Å². The minimum absolute atomic E-state index is 0.0382. The molecule has 1 aliphatic rings. The van der Waals surface area contributed by atoms with E-state index in [0.29, 0.717) is 19.0 Å². The van der Waals surface area contributed by atoms with E-state index in [1.807, 2.05) is 36.9 Å². The lowest BCUT2D eigenvalue weighted by Crippen LogP contribution is -2.53. The highest BCUT2D eigenvalue weighted by molar-refractivity contribution is 5.97. The van der Waals surface area contributed by atoms with Crippen LogP contribution in [0.3, 0.4) is 0 Å². The van der Waals surface area contributed by atoms with Gasteiger partial charge in [0.1, 0.15) is 11.9 Å². The lowest BCUT2D eigenvalue weighted by atomic mass is 9.89. The minimum Gasteiger partial charge on any atom is -0.341 e. The van der Waals surface area contributed by atoms with Crippen molar-refractivity contribution >= 4 is 11.8 Å². The molecule has 148 valence electrons. The van der Waals surface area contributed by atoms with Gasteiger partial charge in [-0.15, -0.1) is 0 Å². The number of amides is 2. The topological polar surface area (TPSA) is 49.4 Å². The smallest absolute Gasteiger partial charge is 0.254 e. The van der Waals surface area contributed by atoms with Gasteiger partial charge in [-0.2, -0.15) is 0 Å². The quantitative estimate of drug-likeness (QED) is 0.850. The Bertz CT molecular complexity index is 814. The molecule has 1 N–H and O–H groups in total. The first-order chi connectivity index (χ1) is 13.5. The largest absolute Gasteiger partial charge is 0.341 e. The van der Waals surface area contributed by atoms with Gasteiger partial charge in [0.2, 0.25) is 5.91 Å². The molecule has 4 nitrogen and oxygen atoms in total. The fraction of sp³-hybridized carbons (Fsp3) is 0.391. The Balaban J connectivity index is 1.64. The van der Waals surface area contributed by atoms with Crippen molar-refractivity contribution < 1.29 is 14.0 Å². The summed E-state index contributed by atoms with van der Waals surface area (Å²) in [5.41, 5.74) is 1.27. The number of benzene rings is 2. The van der Waals surface area contributed by atoms with Crippen LogP contribution in [0.4, 0.5) is 4.39 Å². The van der Waals surface area contributed by atoms with Crippen LogP contribution in [0.1, 0.15) is 48.5 Å². The number of halogens is 1. The van der Waals surface area contributed by atoms with Crippen molar-refractivity contribution in [2.45, 2.75) is 38.6 Å². The van der Waals surface area contributed by atoms with Crippen LogP contribution >= 0.6 is 0 Å². The summed E-state index contributed by atoms with van der Waals surface area (Å²) < 4.78 is 13.9. The molecule has 2 aromatic carbocycles. The Morgan fingerprint density at radius 3 is 2.21 bits per heavy atom. The first-order valence-corrected chi connectivity index (χ1v) is 9.86. The van der Waals surface area contributed by atoms with Crippen molar-refractivity contribution in [2.24, 2.45) is 5.92 Å². The van der Waals surface area contributed by atoms with Crippen molar-refractivity contribution in [2.75, 3.05) is 13.1 Å². The summed E-state index contributed by atoms with van der Waals surface area (Å²) in [6.45, 7) is 5.11. The van der Waals surface area contributed by atoms with E-state index in [-0.39, 0.29) is 17.4 Å². The maximum atomic E-state index is 13.9.